The van der Waals surface area contributed by atoms with E-state index in [0.717, 1.165) is 24.5 Å². The molecular formula is C21H12Br3NO4. The van der Waals surface area contributed by atoms with Gasteiger partial charge in [0.1, 0.15) is 12.4 Å². The lowest BCUT2D eigenvalue weighted by Gasteiger charge is -2.11. The van der Waals surface area contributed by atoms with Crippen molar-refractivity contribution >= 4 is 65.7 Å². The maximum atomic E-state index is 12.1. The van der Waals surface area contributed by atoms with Crippen LogP contribution in [0, 0.1) is 0 Å². The fourth-order valence-electron chi connectivity index (χ4n) is 2.66. The van der Waals surface area contributed by atoms with Gasteiger partial charge in [-0.25, -0.2) is 9.79 Å². The topological polar surface area (TPSA) is 61.0 Å². The van der Waals surface area contributed by atoms with Crippen LogP contribution in [0.3, 0.4) is 0 Å². The number of esters is 1. The van der Waals surface area contributed by atoms with Crippen LogP contribution in [-0.4, -0.2) is 11.9 Å². The van der Waals surface area contributed by atoms with Crippen LogP contribution in [0.15, 0.2) is 83.3 Å². The minimum Gasteiger partial charge on any atom is -0.487 e. The zero-order chi connectivity index (χ0) is 20.4. The third-order valence-corrected chi connectivity index (χ3v) is 5.62. The van der Waals surface area contributed by atoms with Gasteiger partial charge in [0.2, 0.25) is 0 Å². The first-order chi connectivity index (χ1) is 14.0. The number of hydrogen-bond acceptors (Lipinski definition) is 5. The highest BCUT2D eigenvalue weighted by Crippen LogP contribution is 2.36. The summed E-state index contributed by atoms with van der Waals surface area (Å²) >= 11 is 10.5. The van der Waals surface area contributed by atoms with Gasteiger partial charge in [0.15, 0.2) is 11.5 Å². The molecule has 0 atom stereocenters. The number of benzene rings is 2. The molecule has 1 aliphatic heterocycles. The summed E-state index contributed by atoms with van der Waals surface area (Å²) in [5, 5.41) is 0. The molecule has 0 saturated heterocycles. The Labute approximate surface area is 191 Å². The summed E-state index contributed by atoms with van der Waals surface area (Å²) in [5.41, 5.74) is 1.99. The van der Waals surface area contributed by atoms with Gasteiger partial charge in [-0.1, -0.05) is 28.1 Å². The Morgan fingerprint density at radius 1 is 1.03 bits per heavy atom. The fraction of sp³-hybridized carbons (Fsp3) is 0.0476. The Hall–Kier alpha value is -2.16. The predicted octanol–water partition coefficient (Wildman–Crippen LogP) is 6.49. The van der Waals surface area contributed by atoms with Crippen LogP contribution in [-0.2, 0) is 16.1 Å². The summed E-state index contributed by atoms with van der Waals surface area (Å²) in [4.78, 5) is 16.3. The maximum Gasteiger partial charge on any atom is 0.363 e. The second-order valence-corrected chi connectivity index (χ2v) is 8.67. The van der Waals surface area contributed by atoms with E-state index in [9.17, 15) is 4.79 Å². The lowest BCUT2D eigenvalue weighted by molar-refractivity contribution is -0.130. The quantitative estimate of drug-likeness (QED) is 0.255. The standard InChI is InChI=1S/C21H12Br3NO4/c22-14-4-1-3-12(7-14)11-28-19-15(23)8-13(9-16(19)24)10-17-21(26)29-20(25-17)18-5-2-6-27-18/h1-10H,11H2/b17-10-. The smallest absolute Gasteiger partial charge is 0.363 e. The zero-order valence-corrected chi connectivity index (χ0v) is 19.5. The van der Waals surface area contributed by atoms with Crippen molar-refractivity contribution in [3.05, 3.63) is 90.8 Å². The average Bonchev–Trinajstić information content (AvgIpc) is 3.32. The number of rotatable bonds is 5. The van der Waals surface area contributed by atoms with Gasteiger partial charge < -0.3 is 13.9 Å². The molecule has 1 aromatic heterocycles. The van der Waals surface area contributed by atoms with Gasteiger partial charge in [-0.15, -0.1) is 0 Å². The molecule has 0 radical (unpaired) electrons. The molecule has 1 aliphatic rings. The number of carbonyl (C=O) groups is 1. The number of halogens is 3. The first-order valence-electron chi connectivity index (χ1n) is 8.42. The molecule has 2 heterocycles. The molecule has 0 fully saturated rings. The van der Waals surface area contributed by atoms with Crippen molar-refractivity contribution in [3.63, 3.8) is 0 Å². The third-order valence-electron chi connectivity index (χ3n) is 3.95. The van der Waals surface area contributed by atoms with Crippen molar-refractivity contribution < 1.29 is 18.7 Å². The van der Waals surface area contributed by atoms with E-state index in [1.807, 2.05) is 36.4 Å². The molecule has 0 unspecified atom stereocenters. The largest absolute Gasteiger partial charge is 0.487 e. The van der Waals surface area contributed by atoms with E-state index in [-0.39, 0.29) is 11.6 Å². The van der Waals surface area contributed by atoms with Gasteiger partial charge in [0.05, 0.1) is 15.2 Å². The van der Waals surface area contributed by atoms with Crippen LogP contribution >= 0.6 is 47.8 Å². The first-order valence-corrected chi connectivity index (χ1v) is 10.8. The molecule has 0 aliphatic carbocycles. The number of carbonyl (C=O) groups excluding carboxylic acids is 1. The van der Waals surface area contributed by atoms with Crippen LogP contribution in [0.25, 0.3) is 6.08 Å². The van der Waals surface area contributed by atoms with Gasteiger partial charge in [0.25, 0.3) is 5.90 Å². The molecule has 0 spiro atoms. The van der Waals surface area contributed by atoms with E-state index in [2.05, 4.69) is 52.8 Å². The summed E-state index contributed by atoms with van der Waals surface area (Å²) in [6, 6.07) is 15.0. The Morgan fingerprint density at radius 3 is 2.52 bits per heavy atom. The van der Waals surface area contributed by atoms with E-state index in [1.54, 1.807) is 18.2 Å². The van der Waals surface area contributed by atoms with E-state index in [1.165, 1.54) is 6.26 Å². The summed E-state index contributed by atoms with van der Waals surface area (Å²) in [6.45, 7) is 0.417. The van der Waals surface area contributed by atoms with E-state index >= 15 is 0 Å². The van der Waals surface area contributed by atoms with Crippen molar-refractivity contribution in [2.45, 2.75) is 6.61 Å². The first kappa shape index (κ1) is 20.1. The second-order valence-electron chi connectivity index (χ2n) is 6.05. The van der Waals surface area contributed by atoms with Crippen LogP contribution < -0.4 is 4.74 Å². The van der Waals surface area contributed by atoms with Crippen LogP contribution in [0.4, 0.5) is 0 Å². The lowest BCUT2D eigenvalue weighted by atomic mass is 10.2. The highest BCUT2D eigenvalue weighted by molar-refractivity contribution is 9.11. The summed E-state index contributed by atoms with van der Waals surface area (Å²) in [6.07, 6.45) is 3.14. The Balaban J connectivity index is 1.55. The highest BCUT2D eigenvalue weighted by atomic mass is 79.9. The molecule has 5 nitrogen and oxygen atoms in total. The summed E-state index contributed by atoms with van der Waals surface area (Å²) < 4.78 is 18.8. The predicted molar refractivity (Wildman–Crippen MR) is 120 cm³/mol. The molecule has 146 valence electrons. The number of furan rings is 1. The number of hydrogen-bond donors (Lipinski definition) is 0. The molecule has 8 heteroatoms. The molecule has 0 bridgehead atoms. The molecule has 0 N–H and O–H groups in total. The second kappa shape index (κ2) is 8.69. The minimum atomic E-state index is -0.529. The molecule has 4 rings (SSSR count). The van der Waals surface area contributed by atoms with Crippen molar-refractivity contribution in [3.8, 4) is 5.75 Å². The monoisotopic (exact) mass is 579 g/mol. The zero-order valence-electron chi connectivity index (χ0n) is 14.7. The summed E-state index contributed by atoms with van der Waals surface area (Å²) in [7, 11) is 0. The Bertz CT molecular complexity index is 1110. The number of aliphatic imine (C=N–C) groups is 1. The normalized spacial score (nSPS) is 14.8. The van der Waals surface area contributed by atoms with Gasteiger partial charge in [-0.3, -0.25) is 0 Å². The minimum absolute atomic E-state index is 0.151. The van der Waals surface area contributed by atoms with Crippen molar-refractivity contribution in [1.29, 1.82) is 0 Å². The van der Waals surface area contributed by atoms with E-state index in [4.69, 9.17) is 13.9 Å². The van der Waals surface area contributed by atoms with Gasteiger partial charge in [-0.2, -0.15) is 0 Å². The number of cyclic esters (lactones) is 1. The molecular weight excluding hydrogens is 570 g/mol. The summed E-state index contributed by atoms with van der Waals surface area (Å²) in [5.74, 6) is 0.693. The Morgan fingerprint density at radius 2 is 1.83 bits per heavy atom. The maximum absolute atomic E-state index is 12.1. The average molecular weight is 582 g/mol. The molecule has 3 aromatic rings. The van der Waals surface area contributed by atoms with E-state index < -0.39 is 5.97 Å². The fourth-order valence-corrected chi connectivity index (χ4v) is 4.55. The number of ether oxygens (including phenoxy) is 2. The van der Waals surface area contributed by atoms with Gasteiger partial charge in [0, 0.05) is 4.47 Å². The Kier molecular flexibility index (Phi) is 6.03. The van der Waals surface area contributed by atoms with Gasteiger partial charge in [-0.05, 0) is 85.5 Å². The third kappa shape index (κ3) is 4.71. The van der Waals surface area contributed by atoms with E-state index in [0.29, 0.717) is 18.1 Å². The molecule has 0 saturated carbocycles. The highest BCUT2D eigenvalue weighted by Gasteiger charge is 2.26. The van der Waals surface area contributed by atoms with Crippen LogP contribution in [0.2, 0.25) is 0 Å². The van der Waals surface area contributed by atoms with Gasteiger partial charge >= 0.3 is 5.97 Å². The van der Waals surface area contributed by atoms with Crippen molar-refractivity contribution in [2.75, 3.05) is 0 Å². The lowest BCUT2D eigenvalue weighted by Crippen LogP contribution is -2.04. The van der Waals surface area contributed by atoms with Crippen molar-refractivity contribution in [1.82, 2.24) is 0 Å². The molecule has 2 aromatic carbocycles. The number of nitrogens with zero attached hydrogens (tertiary/aromatic N) is 1. The van der Waals surface area contributed by atoms with Crippen LogP contribution in [0.1, 0.15) is 16.9 Å². The molecule has 0 amide bonds. The SMILES string of the molecule is O=C1OC(c2ccco2)=N/C1=C\c1cc(Br)c(OCc2cccc(Br)c2)c(Br)c1. The van der Waals surface area contributed by atoms with Crippen molar-refractivity contribution in [2.24, 2.45) is 4.99 Å². The molecule has 29 heavy (non-hydrogen) atoms. The van der Waals surface area contributed by atoms with Crippen LogP contribution in [0.5, 0.6) is 5.75 Å².